The van der Waals surface area contributed by atoms with Crippen molar-refractivity contribution in [2.24, 2.45) is 5.73 Å². The third kappa shape index (κ3) is 6.54. The smallest absolute Gasteiger partial charge is 0.410 e. The maximum atomic E-state index is 12.5. The van der Waals surface area contributed by atoms with E-state index >= 15 is 0 Å². The lowest BCUT2D eigenvalue weighted by Crippen LogP contribution is -2.51. The molecule has 1 heterocycles. The van der Waals surface area contributed by atoms with Crippen molar-refractivity contribution < 1.29 is 19.1 Å². The molecule has 1 aromatic rings. The number of esters is 1. The number of ether oxygens (including phenoxy) is 2. The van der Waals surface area contributed by atoms with Gasteiger partial charge in [0.15, 0.2) is 0 Å². The van der Waals surface area contributed by atoms with Crippen LogP contribution in [-0.4, -0.2) is 40.7 Å². The minimum Gasteiger partial charge on any atom is -0.461 e. The number of carbonyl (C=O) groups excluding carboxylic acids is 2. The van der Waals surface area contributed by atoms with Gasteiger partial charge in [-0.25, -0.2) is 4.79 Å². The zero-order valence-electron chi connectivity index (χ0n) is 16.9. The fraction of sp³-hybridized carbons (Fsp3) is 0.619. The number of benzene rings is 1. The summed E-state index contributed by atoms with van der Waals surface area (Å²) in [6, 6.07) is 9.45. The summed E-state index contributed by atoms with van der Waals surface area (Å²) in [5.41, 5.74) is 6.34. The highest BCUT2D eigenvalue weighted by molar-refractivity contribution is 5.70. The van der Waals surface area contributed by atoms with Crippen molar-refractivity contribution in [2.75, 3.05) is 6.54 Å². The zero-order valence-corrected chi connectivity index (χ0v) is 16.9. The molecular weight excluding hydrogens is 344 g/mol. The molecule has 1 aliphatic heterocycles. The van der Waals surface area contributed by atoms with E-state index in [0.29, 0.717) is 25.8 Å². The second-order valence-corrected chi connectivity index (χ2v) is 8.48. The number of hydrogen-bond acceptors (Lipinski definition) is 5. The molecule has 150 valence electrons. The van der Waals surface area contributed by atoms with E-state index in [9.17, 15) is 9.59 Å². The molecule has 0 aromatic heterocycles. The second kappa shape index (κ2) is 8.74. The van der Waals surface area contributed by atoms with E-state index in [1.54, 1.807) is 4.90 Å². The van der Waals surface area contributed by atoms with Crippen molar-refractivity contribution in [1.29, 1.82) is 0 Å². The highest BCUT2D eigenvalue weighted by Gasteiger charge is 2.44. The van der Waals surface area contributed by atoms with E-state index in [1.165, 1.54) is 0 Å². The molecule has 0 bridgehead atoms. The summed E-state index contributed by atoms with van der Waals surface area (Å²) in [6.45, 7) is 8.35. The Hall–Kier alpha value is -2.08. The number of rotatable bonds is 6. The Labute approximate surface area is 162 Å². The fourth-order valence-electron chi connectivity index (χ4n) is 3.31. The van der Waals surface area contributed by atoms with Crippen LogP contribution in [0.4, 0.5) is 4.79 Å². The van der Waals surface area contributed by atoms with Gasteiger partial charge >= 0.3 is 12.1 Å². The number of nitrogens with two attached hydrogens (primary N) is 1. The average Bonchev–Trinajstić information content (AvgIpc) is 2.87. The highest BCUT2D eigenvalue weighted by atomic mass is 16.6. The second-order valence-electron chi connectivity index (χ2n) is 8.48. The molecule has 0 radical (unpaired) electrons. The van der Waals surface area contributed by atoms with Gasteiger partial charge in [0.1, 0.15) is 12.2 Å². The summed E-state index contributed by atoms with van der Waals surface area (Å²) >= 11 is 0. The lowest BCUT2D eigenvalue weighted by atomic mass is 9.90. The van der Waals surface area contributed by atoms with Gasteiger partial charge < -0.3 is 20.1 Å². The van der Waals surface area contributed by atoms with Gasteiger partial charge in [0.25, 0.3) is 0 Å². The van der Waals surface area contributed by atoms with Crippen LogP contribution in [0.5, 0.6) is 0 Å². The van der Waals surface area contributed by atoms with Crippen molar-refractivity contribution in [1.82, 2.24) is 4.90 Å². The Morgan fingerprint density at radius 1 is 1.26 bits per heavy atom. The van der Waals surface area contributed by atoms with E-state index in [1.807, 2.05) is 58.0 Å². The van der Waals surface area contributed by atoms with Gasteiger partial charge in [0.2, 0.25) is 0 Å². The number of carbonyl (C=O) groups is 2. The average molecular weight is 376 g/mol. The number of amides is 1. The van der Waals surface area contributed by atoms with Gasteiger partial charge in [0.05, 0.1) is 6.04 Å². The molecule has 2 rings (SSSR count). The van der Waals surface area contributed by atoms with Crippen LogP contribution < -0.4 is 5.73 Å². The predicted molar refractivity (Wildman–Crippen MR) is 104 cm³/mol. The Bertz CT molecular complexity index is 637. The van der Waals surface area contributed by atoms with Gasteiger partial charge in [-0.1, -0.05) is 30.3 Å². The van der Waals surface area contributed by atoms with Gasteiger partial charge in [0, 0.05) is 18.5 Å². The largest absolute Gasteiger partial charge is 0.461 e. The summed E-state index contributed by atoms with van der Waals surface area (Å²) in [4.78, 5) is 26.2. The molecule has 1 fully saturated rings. The van der Waals surface area contributed by atoms with Gasteiger partial charge in [-0.2, -0.15) is 0 Å². The van der Waals surface area contributed by atoms with Crippen molar-refractivity contribution in [3.63, 3.8) is 0 Å². The molecule has 0 aliphatic carbocycles. The molecule has 27 heavy (non-hydrogen) atoms. The van der Waals surface area contributed by atoms with Crippen LogP contribution in [0.1, 0.15) is 58.9 Å². The van der Waals surface area contributed by atoms with Crippen LogP contribution in [-0.2, 0) is 20.9 Å². The monoisotopic (exact) mass is 376 g/mol. The normalized spacial score (nSPS) is 22.6. The van der Waals surface area contributed by atoms with Crippen LogP contribution in [0.3, 0.4) is 0 Å². The van der Waals surface area contributed by atoms with E-state index in [-0.39, 0.29) is 24.7 Å². The maximum Gasteiger partial charge on any atom is 0.410 e. The molecule has 1 saturated heterocycles. The van der Waals surface area contributed by atoms with E-state index < -0.39 is 11.1 Å². The summed E-state index contributed by atoms with van der Waals surface area (Å²) in [7, 11) is 0. The van der Waals surface area contributed by atoms with Gasteiger partial charge in [-0.05, 0) is 52.5 Å². The molecule has 2 N–H and O–H groups in total. The first-order valence-electron chi connectivity index (χ1n) is 9.56. The van der Waals surface area contributed by atoms with Gasteiger partial charge in [-0.3, -0.25) is 4.79 Å². The Morgan fingerprint density at radius 3 is 2.56 bits per heavy atom. The summed E-state index contributed by atoms with van der Waals surface area (Å²) < 4.78 is 10.8. The summed E-state index contributed by atoms with van der Waals surface area (Å²) in [6.07, 6.45) is 1.95. The zero-order chi connectivity index (χ0) is 20.1. The molecule has 1 amide bonds. The quantitative estimate of drug-likeness (QED) is 0.767. The number of hydrogen-bond donors (Lipinski definition) is 1. The maximum absolute atomic E-state index is 12.5. The number of likely N-dealkylation sites (tertiary alicyclic amines) is 1. The lowest BCUT2D eigenvalue weighted by molar-refractivity contribution is -0.145. The Kier molecular flexibility index (Phi) is 6.87. The van der Waals surface area contributed by atoms with Crippen LogP contribution in [0, 0.1) is 0 Å². The van der Waals surface area contributed by atoms with Crippen LogP contribution in [0.15, 0.2) is 30.3 Å². The molecule has 6 nitrogen and oxygen atoms in total. The SMILES string of the molecule is CC(C)(C)OC(=O)N1CC[C@](C)(N)[C@H]1CCCC(=O)OCc1ccccc1. The molecule has 0 saturated carbocycles. The van der Waals surface area contributed by atoms with Crippen molar-refractivity contribution >= 4 is 12.1 Å². The van der Waals surface area contributed by atoms with Crippen molar-refractivity contribution in [3.05, 3.63) is 35.9 Å². The molecule has 0 unspecified atom stereocenters. The molecule has 6 heteroatoms. The summed E-state index contributed by atoms with van der Waals surface area (Å²) in [5, 5.41) is 0. The Morgan fingerprint density at radius 2 is 1.93 bits per heavy atom. The first kappa shape index (κ1) is 21.2. The minimum atomic E-state index is -0.545. The van der Waals surface area contributed by atoms with E-state index in [4.69, 9.17) is 15.2 Å². The van der Waals surface area contributed by atoms with E-state index in [0.717, 1.165) is 12.0 Å². The molecule has 1 aromatic carbocycles. The minimum absolute atomic E-state index is 0.144. The van der Waals surface area contributed by atoms with Crippen molar-refractivity contribution in [3.8, 4) is 0 Å². The standard InChI is InChI=1S/C21H32N2O4/c1-20(2,3)27-19(25)23-14-13-21(4,22)17(23)11-8-12-18(24)26-15-16-9-6-5-7-10-16/h5-7,9-10,17H,8,11-15,22H2,1-4H3/t17-,21+/m1/s1. The molecule has 0 spiro atoms. The van der Waals surface area contributed by atoms with Crippen LogP contribution in [0.2, 0.25) is 0 Å². The Balaban J connectivity index is 1.82. The fourth-order valence-corrected chi connectivity index (χ4v) is 3.31. The van der Waals surface area contributed by atoms with E-state index in [2.05, 4.69) is 0 Å². The summed E-state index contributed by atoms with van der Waals surface area (Å²) in [5.74, 6) is -0.237. The topological polar surface area (TPSA) is 81.9 Å². The molecule has 2 atom stereocenters. The van der Waals surface area contributed by atoms with Crippen LogP contribution >= 0.6 is 0 Å². The highest BCUT2D eigenvalue weighted by Crippen LogP contribution is 2.31. The number of nitrogens with zero attached hydrogens (tertiary/aromatic N) is 1. The molecule has 1 aliphatic rings. The van der Waals surface area contributed by atoms with Gasteiger partial charge in [-0.15, -0.1) is 0 Å². The first-order chi connectivity index (χ1) is 12.6. The lowest BCUT2D eigenvalue weighted by Gasteiger charge is -2.33. The first-order valence-corrected chi connectivity index (χ1v) is 9.56. The third-order valence-electron chi connectivity index (χ3n) is 4.76. The molecular formula is C21H32N2O4. The van der Waals surface area contributed by atoms with Crippen LogP contribution in [0.25, 0.3) is 0 Å². The predicted octanol–water partition coefficient (Wildman–Crippen LogP) is 3.63. The van der Waals surface area contributed by atoms with Crippen molar-refractivity contribution in [2.45, 2.75) is 77.2 Å². The third-order valence-corrected chi connectivity index (χ3v) is 4.76.